The number of nitro benzene ring substituents is 1. The standard InChI is InChI=1S/C16H20N4O6S/c1-3-15(21)19-10-12(11-19)16(22)18(2)9-8-17-27(25,26)14-7-5-4-6-13(14)20(23)24/h3-7,12,17H,1,8-11H2,2H3. The van der Waals surface area contributed by atoms with Crippen LogP contribution in [0.2, 0.25) is 0 Å². The second kappa shape index (κ2) is 8.27. The van der Waals surface area contributed by atoms with Gasteiger partial charge in [0.05, 0.1) is 10.8 Å². The van der Waals surface area contributed by atoms with Gasteiger partial charge < -0.3 is 9.80 Å². The van der Waals surface area contributed by atoms with Crippen LogP contribution in [0.15, 0.2) is 41.8 Å². The first-order valence-corrected chi connectivity index (χ1v) is 9.55. The van der Waals surface area contributed by atoms with E-state index in [1.54, 1.807) is 0 Å². The lowest BCUT2D eigenvalue weighted by Gasteiger charge is -2.39. The summed E-state index contributed by atoms with van der Waals surface area (Å²) in [5.74, 6) is -0.766. The molecule has 0 aromatic heterocycles. The minimum absolute atomic E-state index is 0.0879. The third-order valence-electron chi connectivity index (χ3n) is 4.18. The molecule has 1 N–H and O–H groups in total. The maximum atomic E-state index is 12.3. The Bertz CT molecular complexity index is 863. The zero-order valence-corrected chi connectivity index (χ0v) is 15.5. The van der Waals surface area contributed by atoms with Crippen LogP contribution in [0.1, 0.15) is 0 Å². The Morgan fingerprint density at radius 1 is 1.41 bits per heavy atom. The number of hydrogen-bond acceptors (Lipinski definition) is 6. The van der Waals surface area contributed by atoms with Crippen molar-refractivity contribution in [2.75, 3.05) is 33.2 Å². The third kappa shape index (κ3) is 4.68. The third-order valence-corrected chi connectivity index (χ3v) is 5.69. The first-order chi connectivity index (χ1) is 12.7. The highest BCUT2D eigenvalue weighted by molar-refractivity contribution is 7.89. The molecule has 0 atom stereocenters. The Balaban J connectivity index is 1.89. The van der Waals surface area contributed by atoms with Gasteiger partial charge in [-0.05, 0) is 12.1 Å². The van der Waals surface area contributed by atoms with Gasteiger partial charge in [0.2, 0.25) is 21.8 Å². The van der Waals surface area contributed by atoms with Crippen LogP contribution in [0.4, 0.5) is 5.69 Å². The number of sulfonamides is 1. The number of hydrogen-bond donors (Lipinski definition) is 1. The van der Waals surface area contributed by atoms with Crippen molar-refractivity contribution in [1.82, 2.24) is 14.5 Å². The van der Waals surface area contributed by atoms with Crippen molar-refractivity contribution >= 4 is 27.5 Å². The van der Waals surface area contributed by atoms with Crippen molar-refractivity contribution in [3.8, 4) is 0 Å². The number of nitrogens with zero attached hydrogens (tertiary/aromatic N) is 3. The summed E-state index contributed by atoms with van der Waals surface area (Å²) in [7, 11) is -2.56. The van der Waals surface area contributed by atoms with Gasteiger partial charge in [-0.3, -0.25) is 19.7 Å². The molecule has 1 aliphatic rings. The number of amides is 2. The summed E-state index contributed by atoms with van der Waals surface area (Å²) in [6.07, 6.45) is 1.18. The number of nitrogens with one attached hydrogen (secondary N) is 1. The highest BCUT2D eigenvalue weighted by Crippen LogP contribution is 2.22. The molecule has 27 heavy (non-hydrogen) atoms. The molecule has 0 saturated carbocycles. The molecule has 0 radical (unpaired) electrons. The number of nitro groups is 1. The summed E-state index contributed by atoms with van der Waals surface area (Å²) in [5, 5.41) is 11.0. The molecule has 2 amide bonds. The van der Waals surface area contributed by atoms with E-state index >= 15 is 0 Å². The Hall–Kier alpha value is -2.79. The Kier molecular flexibility index (Phi) is 6.28. The average Bonchev–Trinajstić information content (AvgIpc) is 2.59. The van der Waals surface area contributed by atoms with Gasteiger partial charge in [-0.1, -0.05) is 18.7 Å². The predicted molar refractivity (Wildman–Crippen MR) is 96.2 cm³/mol. The molecule has 0 bridgehead atoms. The zero-order chi connectivity index (χ0) is 20.2. The molecule has 1 heterocycles. The summed E-state index contributed by atoms with van der Waals surface area (Å²) >= 11 is 0. The van der Waals surface area contributed by atoms with E-state index in [-0.39, 0.29) is 30.8 Å². The van der Waals surface area contributed by atoms with Crippen LogP contribution in [0.3, 0.4) is 0 Å². The number of carbonyl (C=O) groups is 2. The van der Waals surface area contributed by atoms with E-state index in [2.05, 4.69) is 11.3 Å². The number of rotatable bonds is 8. The summed E-state index contributed by atoms with van der Waals surface area (Å²) in [6.45, 7) is 3.97. The first-order valence-electron chi connectivity index (χ1n) is 8.06. The lowest BCUT2D eigenvalue weighted by molar-refractivity contribution is -0.387. The molecule has 10 nitrogen and oxygen atoms in total. The molecule has 0 aliphatic carbocycles. The van der Waals surface area contributed by atoms with E-state index in [0.29, 0.717) is 13.1 Å². The maximum absolute atomic E-state index is 12.3. The van der Waals surface area contributed by atoms with Gasteiger partial charge in [0.25, 0.3) is 5.69 Å². The fourth-order valence-electron chi connectivity index (χ4n) is 2.63. The maximum Gasteiger partial charge on any atom is 0.289 e. The van der Waals surface area contributed by atoms with E-state index in [0.717, 1.165) is 12.1 Å². The molecule has 1 saturated heterocycles. The topological polar surface area (TPSA) is 130 Å². The number of likely N-dealkylation sites (N-methyl/N-ethyl adjacent to an activating group) is 1. The Labute approximate surface area is 156 Å². The van der Waals surface area contributed by atoms with Crippen LogP contribution in [0.5, 0.6) is 0 Å². The van der Waals surface area contributed by atoms with Crippen molar-refractivity contribution in [3.63, 3.8) is 0 Å². The van der Waals surface area contributed by atoms with Gasteiger partial charge in [-0.25, -0.2) is 13.1 Å². The van der Waals surface area contributed by atoms with E-state index < -0.39 is 25.5 Å². The van der Waals surface area contributed by atoms with Crippen molar-refractivity contribution in [2.24, 2.45) is 5.92 Å². The fourth-order valence-corrected chi connectivity index (χ4v) is 3.82. The van der Waals surface area contributed by atoms with E-state index in [4.69, 9.17) is 0 Å². The van der Waals surface area contributed by atoms with E-state index in [9.17, 15) is 28.1 Å². The van der Waals surface area contributed by atoms with Crippen molar-refractivity contribution in [3.05, 3.63) is 47.0 Å². The molecule has 1 aromatic rings. The molecule has 146 valence electrons. The summed E-state index contributed by atoms with van der Waals surface area (Å²) in [5.41, 5.74) is -0.518. The monoisotopic (exact) mass is 396 g/mol. The van der Waals surface area contributed by atoms with Gasteiger partial charge >= 0.3 is 0 Å². The van der Waals surface area contributed by atoms with Crippen molar-refractivity contribution in [1.29, 1.82) is 0 Å². The van der Waals surface area contributed by atoms with Gasteiger partial charge in [-0.2, -0.15) is 0 Å². The first kappa shape index (κ1) is 20.5. The van der Waals surface area contributed by atoms with Gasteiger partial charge in [0.1, 0.15) is 0 Å². The van der Waals surface area contributed by atoms with Crippen LogP contribution in [-0.4, -0.2) is 68.2 Å². The molecule has 0 unspecified atom stereocenters. The smallest absolute Gasteiger partial charge is 0.289 e. The van der Waals surface area contributed by atoms with E-state index in [1.807, 2.05) is 0 Å². The highest BCUT2D eigenvalue weighted by atomic mass is 32.2. The van der Waals surface area contributed by atoms with Gasteiger partial charge in [-0.15, -0.1) is 0 Å². The van der Waals surface area contributed by atoms with Crippen LogP contribution in [-0.2, 0) is 19.6 Å². The summed E-state index contributed by atoms with van der Waals surface area (Å²) < 4.78 is 26.8. The van der Waals surface area contributed by atoms with Gasteiger partial charge in [0.15, 0.2) is 4.90 Å². The van der Waals surface area contributed by atoms with E-state index in [1.165, 1.54) is 35.1 Å². The van der Waals surface area contributed by atoms with Gasteiger partial charge in [0, 0.05) is 39.3 Å². The number of carbonyl (C=O) groups excluding carboxylic acids is 2. The normalized spacial score (nSPS) is 14.3. The van der Waals surface area contributed by atoms with Crippen molar-refractivity contribution < 1.29 is 22.9 Å². The highest BCUT2D eigenvalue weighted by Gasteiger charge is 2.36. The quantitative estimate of drug-likeness (QED) is 0.373. The fraction of sp³-hybridized carbons (Fsp3) is 0.375. The molecule has 1 aromatic carbocycles. The average molecular weight is 396 g/mol. The summed E-state index contributed by atoms with van der Waals surface area (Å²) in [4.78, 5) is 36.3. The second-order valence-corrected chi connectivity index (χ2v) is 7.76. The minimum Gasteiger partial charge on any atom is -0.344 e. The summed E-state index contributed by atoms with van der Waals surface area (Å²) in [6, 6.07) is 5.03. The molecular weight excluding hydrogens is 376 g/mol. The second-order valence-electron chi connectivity index (χ2n) is 6.03. The zero-order valence-electron chi connectivity index (χ0n) is 14.7. The Morgan fingerprint density at radius 2 is 2.04 bits per heavy atom. The minimum atomic E-state index is -4.09. The molecule has 0 spiro atoms. The van der Waals surface area contributed by atoms with Crippen molar-refractivity contribution in [2.45, 2.75) is 4.90 Å². The van der Waals surface area contributed by atoms with Crippen LogP contribution >= 0.6 is 0 Å². The molecular formula is C16H20N4O6S. The lowest BCUT2D eigenvalue weighted by Crippen LogP contribution is -2.56. The lowest BCUT2D eigenvalue weighted by atomic mass is 9.98. The molecule has 11 heteroatoms. The molecule has 1 aliphatic heterocycles. The number of benzene rings is 1. The molecule has 1 fully saturated rings. The van der Waals surface area contributed by atoms with Crippen LogP contribution < -0.4 is 4.72 Å². The largest absolute Gasteiger partial charge is 0.344 e. The SMILES string of the molecule is C=CC(=O)N1CC(C(=O)N(C)CCNS(=O)(=O)c2ccccc2[N+](=O)[O-])C1. The molecule has 2 rings (SSSR count). The van der Waals surface area contributed by atoms with Crippen LogP contribution in [0, 0.1) is 16.0 Å². The van der Waals surface area contributed by atoms with Crippen LogP contribution in [0.25, 0.3) is 0 Å². The predicted octanol–water partition coefficient (Wildman–Crippen LogP) is -0.0241. The Morgan fingerprint density at radius 3 is 2.63 bits per heavy atom. The number of para-hydroxylation sites is 1. The number of likely N-dealkylation sites (tertiary alicyclic amines) is 1.